The number of likely N-dealkylation sites (N-methyl/N-ethyl adjacent to an activating group) is 1. The molecule has 0 fully saturated rings. The number of nitrogens with one attached hydrogen (secondary N) is 3. The summed E-state index contributed by atoms with van der Waals surface area (Å²) in [5.41, 5.74) is 1.60. The standard InChI is InChI=1S/C18H29N3O2S.ClH/c1-5-19-14(3)12-20-18(23)16(9-10-24-4)21-17(22)15-8-6-7-13(2)11-15;/h6-8,11,14,16,19H,5,9-10,12H2,1-4H3,(H,20,23)(H,21,22);1H/t14-,16?;/m1./s1. The molecule has 1 rings (SSSR count). The molecular weight excluding hydrogens is 358 g/mol. The monoisotopic (exact) mass is 387 g/mol. The van der Waals surface area contributed by atoms with E-state index in [9.17, 15) is 9.59 Å². The molecule has 0 aliphatic heterocycles. The maximum absolute atomic E-state index is 12.4. The van der Waals surface area contributed by atoms with Crippen LogP contribution in [0.1, 0.15) is 36.2 Å². The number of hydrogen-bond donors (Lipinski definition) is 3. The maximum atomic E-state index is 12.4. The molecule has 0 saturated carbocycles. The lowest BCUT2D eigenvalue weighted by atomic mass is 10.1. The second-order valence-electron chi connectivity index (χ2n) is 5.88. The van der Waals surface area contributed by atoms with Crippen LogP contribution in [-0.2, 0) is 4.79 Å². The first-order valence-electron chi connectivity index (χ1n) is 8.35. The smallest absolute Gasteiger partial charge is 0.251 e. The van der Waals surface area contributed by atoms with Gasteiger partial charge in [0.25, 0.3) is 5.91 Å². The molecule has 0 aliphatic carbocycles. The van der Waals surface area contributed by atoms with E-state index in [0.717, 1.165) is 17.9 Å². The minimum atomic E-state index is -0.515. The molecule has 2 amide bonds. The molecule has 0 spiro atoms. The van der Waals surface area contributed by atoms with Gasteiger partial charge in [0.05, 0.1) is 0 Å². The van der Waals surface area contributed by atoms with Crippen LogP contribution in [-0.4, -0.2) is 49.0 Å². The van der Waals surface area contributed by atoms with E-state index in [-0.39, 0.29) is 30.3 Å². The first kappa shape index (κ1) is 23.8. The van der Waals surface area contributed by atoms with Gasteiger partial charge in [0, 0.05) is 18.2 Å². The van der Waals surface area contributed by atoms with Crippen molar-refractivity contribution in [2.45, 2.75) is 39.3 Å². The van der Waals surface area contributed by atoms with Crippen LogP contribution in [0, 0.1) is 6.92 Å². The number of hydrogen-bond acceptors (Lipinski definition) is 4. The van der Waals surface area contributed by atoms with Gasteiger partial charge < -0.3 is 16.0 Å². The molecule has 0 heterocycles. The molecule has 25 heavy (non-hydrogen) atoms. The molecule has 1 unspecified atom stereocenters. The lowest BCUT2D eigenvalue weighted by Crippen LogP contribution is -2.49. The summed E-state index contributed by atoms with van der Waals surface area (Å²) in [5, 5.41) is 9.03. The van der Waals surface area contributed by atoms with Crippen molar-refractivity contribution in [1.82, 2.24) is 16.0 Å². The fraction of sp³-hybridized carbons (Fsp3) is 0.556. The largest absolute Gasteiger partial charge is 0.353 e. The van der Waals surface area contributed by atoms with Gasteiger partial charge in [-0.15, -0.1) is 12.4 Å². The van der Waals surface area contributed by atoms with Crippen molar-refractivity contribution < 1.29 is 9.59 Å². The van der Waals surface area contributed by atoms with E-state index in [2.05, 4.69) is 16.0 Å². The summed E-state index contributed by atoms with van der Waals surface area (Å²) in [6, 6.07) is 7.06. The average molecular weight is 388 g/mol. The molecule has 1 aromatic carbocycles. The van der Waals surface area contributed by atoms with Crippen LogP contribution >= 0.6 is 24.2 Å². The summed E-state index contributed by atoms with van der Waals surface area (Å²) in [5.74, 6) is 0.476. The number of thioether (sulfide) groups is 1. The van der Waals surface area contributed by atoms with Crippen LogP contribution in [0.2, 0.25) is 0 Å². The minimum Gasteiger partial charge on any atom is -0.353 e. The van der Waals surface area contributed by atoms with E-state index in [1.54, 1.807) is 17.8 Å². The summed E-state index contributed by atoms with van der Waals surface area (Å²) in [6.07, 6.45) is 2.60. The van der Waals surface area contributed by atoms with E-state index in [0.29, 0.717) is 18.5 Å². The van der Waals surface area contributed by atoms with Crippen LogP contribution in [0.3, 0.4) is 0 Å². The van der Waals surface area contributed by atoms with Gasteiger partial charge in [0.2, 0.25) is 5.91 Å². The SMILES string of the molecule is CCN[C@H](C)CNC(=O)C(CCSC)NC(=O)c1cccc(C)c1.Cl. The number of amides is 2. The molecule has 1 aromatic rings. The number of carbonyl (C=O) groups excluding carboxylic acids is 2. The van der Waals surface area contributed by atoms with Crippen LogP contribution in [0.25, 0.3) is 0 Å². The van der Waals surface area contributed by atoms with Crippen molar-refractivity contribution in [3.05, 3.63) is 35.4 Å². The molecule has 142 valence electrons. The summed E-state index contributed by atoms with van der Waals surface area (Å²) in [7, 11) is 0. The molecule has 0 aromatic heterocycles. The van der Waals surface area contributed by atoms with Crippen molar-refractivity contribution in [2.24, 2.45) is 0 Å². The zero-order valence-corrected chi connectivity index (χ0v) is 17.1. The van der Waals surface area contributed by atoms with Crippen molar-refractivity contribution in [1.29, 1.82) is 0 Å². The van der Waals surface area contributed by atoms with E-state index < -0.39 is 6.04 Å². The minimum absolute atomic E-state index is 0. The van der Waals surface area contributed by atoms with Gasteiger partial charge in [-0.3, -0.25) is 9.59 Å². The van der Waals surface area contributed by atoms with Crippen LogP contribution in [0.4, 0.5) is 0 Å². The Morgan fingerprint density at radius 2 is 2.00 bits per heavy atom. The summed E-state index contributed by atoms with van der Waals surface area (Å²) < 4.78 is 0. The van der Waals surface area contributed by atoms with Gasteiger partial charge in [-0.2, -0.15) is 11.8 Å². The van der Waals surface area contributed by atoms with Gasteiger partial charge in [-0.1, -0.05) is 24.6 Å². The lowest BCUT2D eigenvalue weighted by Gasteiger charge is -2.20. The third kappa shape index (κ3) is 9.14. The number of carbonyl (C=O) groups is 2. The normalized spacial score (nSPS) is 12.6. The fourth-order valence-corrected chi connectivity index (χ4v) is 2.80. The number of rotatable bonds is 10. The molecule has 0 radical (unpaired) electrons. The van der Waals surface area contributed by atoms with Gasteiger partial charge >= 0.3 is 0 Å². The predicted octanol–water partition coefficient (Wildman–Crippen LogP) is 2.38. The fourth-order valence-electron chi connectivity index (χ4n) is 2.33. The highest BCUT2D eigenvalue weighted by molar-refractivity contribution is 7.98. The molecule has 2 atom stereocenters. The average Bonchev–Trinajstić information content (AvgIpc) is 2.56. The maximum Gasteiger partial charge on any atom is 0.251 e. The first-order valence-corrected chi connectivity index (χ1v) is 9.74. The molecule has 3 N–H and O–H groups in total. The second kappa shape index (κ2) is 13.0. The molecule has 7 heteroatoms. The molecule has 5 nitrogen and oxygen atoms in total. The molecule has 0 saturated heterocycles. The molecule has 0 bridgehead atoms. The Balaban J connectivity index is 0.00000576. The van der Waals surface area contributed by atoms with E-state index in [4.69, 9.17) is 0 Å². The van der Waals surface area contributed by atoms with Crippen molar-refractivity contribution in [2.75, 3.05) is 25.1 Å². The first-order chi connectivity index (χ1) is 11.5. The highest BCUT2D eigenvalue weighted by Gasteiger charge is 2.21. The van der Waals surface area contributed by atoms with Crippen molar-refractivity contribution in [3.8, 4) is 0 Å². The van der Waals surface area contributed by atoms with Crippen LogP contribution < -0.4 is 16.0 Å². The van der Waals surface area contributed by atoms with Crippen molar-refractivity contribution >= 4 is 36.0 Å². The van der Waals surface area contributed by atoms with Gasteiger partial charge in [-0.25, -0.2) is 0 Å². The van der Waals surface area contributed by atoms with E-state index in [1.165, 1.54) is 0 Å². The number of benzene rings is 1. The molecular formula is C18H30ClN3O2S. The highest BCUT2D eigenvalue weighted by atomic mass is 35.5. The van der Waals surface area contributed by atoms with Gasteiger partial charge in [0.15, 0.2) is 0 Å². The number of halogens is 1. The summed E-state index contributed by atoms with van der Waals surface area (Å²) in [4.78, 5) is 24.8. The summed E-state index contributed by atoms with van der Waals surface area (Å²) in [6.45, 7) is 7.39. The lowest BCUT2D eigenvalue weighted by molar-refractivity contribution is -0.123. The highest BCUT2D eigenvalue weighted by Crippen LogP contribution is 2.06. The zero-order valence-electron chi connectivity index (χ0n) is 15.4. The molecule has 0 aliphatic rings. The van der Waals surface area contributed by atoms with Gasteiger partial charge in [-0.05, 0) is 51.0 Å². The van der Waals surface area contributed by atoms with E-state index >= 15 is 0 Å². The second-order valence-corrected chi connectivity index (χ2v) is 6.87. The Bertz CT molecular complexity index is 543. The quantitative estimate of drug-likeness (QED) is 0.576. The summed E-state index contributed by atoms with van der Waals surface area (Å²) >= 11 is 1.66. The predicted molar refractivity (Wildman–Crippen MR) is 109 cm³/mol. The Morgan fingerprint density at radius 3 is 2.60 bits per heavy atom. The Labute approximate surface area is 161 Å². The third-order valence-electron chi connectivity index (χ3n) is 3.65. The Hall–Kier alpha value is -1.24. The Morgan fingerprint density at radius 1 is 1.28 bits per heavy atom. The zero-order chi connectivity index (χ0) is 17.9. The Kier molecular flexibility index (Phi) is 12.4. The van der Waals surface area contributed by atoms with Crippen LogP contribution in [0.15, 0.2) is 24.3 Å². The topological polar surface area (TPSA) is 70.2 Å². The van der Waals surface area contributed by atoms with Crippen LogP contribution in [0.5, 0.6) is 0 Å². The third-order valence-corrected chi connectivity index (χ3v) is 4.29. The van der Waals surface area contributed by atoms with E-state index in [1.807, 2.05) is 45.2 Å². The van der Waals surface area contributed by atoms with Gasteiger partial charge in [0.1, 0.15) is 6.04 Å². The number of aryl methyl sites for hydroxylation is 1. The van der Waals surface area contributed by atoms with Crippen molar-refractivity contribution in [3.63, 3.8) is 0 Å².